The topological polar surface area (TPSA) is 17.1 Å². The molecule has 0 N–H and O–H groups in total. The molecule has 0 saturated carbocycles. The van der Waals surface area contributed by atoms with Gasteiger partial charge in [0.2, 0.25) is 5.12 Å². The van der Waals surface area contributed by atoms with E-state index in [1.54, 1.807) is 18.3 Å². The Morgan fingerprint density at radius 3 is 3.00 bits per heavy atom. The quantitative estimate of drug-likeness (QED) is 0.694. The minimum absolute atomic E-state index is 0.0844. The SMILES string of the molecule is C=C(C)C(=O)SCc1ccsc1. The number of hydrogen-bond donors (Lipinski definition) is 0. The smallest absolute Gasteiger partial charge is 0.214 e. The lowest BCUT2D eigenvalue weighted by atomic mass is 10.4. The maximum absolute atomic E-state index is 11.1. The first-order valence-electron chi connectivity index (χ1n) is 3.54. The predicted octanol–water partition coefficient (Wildman–Crippen LogP) is 3.08. The number of carbonyl (C=O) groups is 1. The van der Waals surface area contributed by atoms with Crippen molar-refractivity contribution in [1.82, 2.24) is 0 Å². The summed E-state index contributed by atoms with van der Waals surface area (Å²) in [7, 11) is 0. The van der Waals surface area contributed by atoms with Gasteiger partial charge in [0, 0.05) is 5.75 Å². The summed E-state index contributed by atoms with van der Waals surface area (Å²) in [5.74, 6) is 0.759. The highest BCUT2D eigenvalue weighted by Gasteiger charge is 2.03. The van der Waals surface area contributed by atoms with Crippen LogP contribution in [0.25, 0.3) is 0 Å². The van der Waals surface area contributed by atoms with Crippen molar-refractivity contribution in [2.75, 3.05) is 0 Å². The first-order chi connectivity index (χ1) is 5.70. The molecule has 0 atom stereocenters. The molecule has 0 bridgehead atoms. The van der Waals surface area contributed by atoms with E-state index in [1.807, 2.05) is 11.4 Å². The molecule has 1 heterocycles. The number of hydrogen-bond acceptors (Lipinski definition) is 3. The lowest BCUT2D eigenvalue weighted by molar-refractivity contribution is -0.107. The van der Waals surface area contributed by atoms with Gasteiger partial charge in [-0.05, 0) is 34.9 Å². The lowest BCUT2D eigenvalue weighted by Gasteiger charge is -1.96. The Balaban J connectivity index is 2.37. The van der Waals surface area contributed by atoms with Crippen LogP contribution in [0.1, 0.15) is 12.5 Å². The monoisotopic (exact) mass is 198 g/mol. The maximum atomic E-state index is 11.1. The van der Waals surface area contributed by atoms with E-state index in [0.717, 1.165) is 5.75 Å². The summed E-state index contributed by atoms with van der Waals surface area (Å²) in [4.78, 5) is 11.1. The Morgan fingerprint density at radius 1 is 1.75 bits per heavy atom. The number of carbonyl (C=O) groups excluding carboxylic acids is 1. The van der Waals surface area contributed by atoms with Gasteiger partial charge < -0.3 is 0 Å². The molecule has 12 heavy (non-hydrogen) atoms. The van der Waals surface area contributed by atoms with Crippen molar-refractivity contribution in [3.8, 4) is 0 Å². The summed E-state index contributed by atoms with van der Waals surface area (Å²) < 4.78 is 0. The Hall–Kier alpha value is -0.540. The van der Waals surface area contributed by atoms with Crippen LogP contribution >= 0.6 is 23.1 Å². The molecular formula is C9H10OS2. The van der Waals surface area contributed by atoms with E-state index in [4.69, 9.17) is 0 Å². The van der Waals surface area contributed by atoms with Gasteiger partial charge in [0.15, 0.2) is 0 Å². The third-order valence-electron chi connectivity index (χ3n) is 1.30. The van der Waals surface area contributed by atoms with Gasteiger partial charge in [0.1, 0.15) is 0 Å². The standard InChI is InChI=1S/C9H10OS2/c1-7(2)9(10)12-6-8-3-4-11-5-8/h3-5H,1,6H2,2H3. The molecule has 0 saturated heterocycles. The molecule has 0 fully saturated rings. The lowest BCUT2D eigenvalue weighted by Crippen LogP contribution is -1.91. The molecule has 1 nitrogen and oxygen atoms in total. The van der Waals surface area contributed by atoms with Crippen molar-refractivity contribution in [3.05, 3.63) is 34.5 Å². The fourth-order valence-corrected chi connectivity index (χ4v) is 2.14. The Morgan fingerprint density at radius 2 is 2.50 bits per heavy atom. The van der Waals surface area contributed by atoms with E-state index in [1.165, 1.54) is 17.3 Å². The molecule has 0 aliphatic heterocycles. The highest BCUT2D eigenvalue weighted by Crippen LogP contribution is 2.17. The van der Waals surface area contributed by atoms with Crippen LogP contribution in [0.4, 0.5) is 0 Å². The van der Waals surface area contributed by atoms with Crippen LogP contribution in [0.2, 0.25) is 0 Å². The second kappa shape index (κ2) is 4.48. The maximum Gasteiger partial charge on any atom is 0.214 e. The molecule has 0 aliphatic carbocycles. The van der Waals surface area contributed by atoms with Gasteiger partial charge in [-0.2, -0.15) is 11.3 Å². The fourth-order valence-electron chi connectivity index (χ4n) is 0.647. The van der Waals surface area contributed by atoms with Crippen molar-refractivity contribution < 1.29 is 4.79 Å². The summed E-state index contributed by atoms with van der Waals surface area (Å²) in [6.45, 7) is 5.33. The van der Waals surface area contributed by atoms with Gasteiger partial charge in [-0.15, -0.1) is 0 Å². The van der Waals surface area contributed by atoms with E-state index in [2.05, 4.69) is 12.0 Å². The zero-order chi connectivity index (χ0) is 8.97. The van der Waals surface area contributed by atoms with Crippen LogP contribution in [0.3, 0.4) is 0 Å². The zero-order valence-electron chi connectivity index (χ0n) is 6.87. The molecule has 0 aromatic carbocycles. The molecule has 1 aromatic heterocycles. The molecule has 0 unspecified atom stereocenters. The van der Waals surface area contributed by atoms with Gasteiger partial charge in [-0.25, -0.2) is 0 Å². The zero-order valence-corrected chi connectivity index (χ0v) is 8.50. The van der Waals surface area contributed by atoms with Gasteiger partial charge in [0.25, 0.3) is 0 Å². The van der Waals surface area contributed by atoms with Gasteiger partial charge in [-0.3, -0.25) is 4.79 Å². The summed E-state index contributed by atoms with van der Waals surface area (Å²) in [6.07, 6.45) is 0. The molecule has 0 spiro atoms. The molecule has 0 aliphatic rings. The van der Waals surface area contributed by atoms with Crippen molar-refractivity contribution in [1.29, 1.82) is 0 Å². The summed E-state index contributed by atoms with van der Waals surface area (Å²) >= 11 is 2.96. The van der Waals surface area contributed by atoms with Gasteiger partial charge in [-0.1, -0.05) is 18.3 Å². The van der Waals surface area contributed by atoms with Crippen LogP contribution in [0, 0.1) is 0 Å². The third kappa shape index (κ3) is 2.83. The summed E-state index contributed by atoms with van der Waals surface area (Å²) in [6, 6.07) is 2.03. The van der Waals surface area contributed by atoms with Gasteiger partial charge in [0.05, 0.1) is 0 Å². The minimum atomic E-state index is 0.0844. The molecule has 3 heteroatoms. The predicted molar refractivity (Wildman–Crippen MR) is 55.4 cm³/mol. The molecule has 64 valence electrons. The average molecular weight is 198 g/mol. The van der Waals surface area contributed by atoms with Crippen molar-refractivity contribution in [2.24, 2.45) is 0 Å². The molecule has 0 amide bonds. The van der Waals surface area contributed by atoms with Crippen LogP contribution in [-0.2, 0) is 10.5 Å². The largest absolute Gasteiger partial charge is 0.282 e. The second-order valence-corrected chi connectivity index (χ2v) is 4.22. The first kappa shape index (κ1) is 9.55. The van der Waals surface area contributed by atoms with E-state index in [0.29, 0.717) is 5.57 Å². The first-order valence-corrected chi connectivity index (χ1v) is 5.46. The number of thiophene rings is 1. The van der Waals surface area contributed by atoms with E-state index < -0.39 is 0 Å². The van der Waals surface area contributed by atoms with Crippen LogP contribution in [-0.4, -0.2) is 5.12 Å². The molecule has 0 radical (unpaired) electrons. The van der Waals surface area contributed by atoms with Crippen molar-refractivity contribution in [2.45, 2.75) is 12.7 Å². The van der Waals surface area contributed by atoms with Gasteiger partial charge >= 0.3 is 0 Å². The number of rotatable bonds is 3. The van der Waals surface area contributed by atoms with Crippen molar-refractivity contribution in [3.63, 3.8) is 0 Å². The van der Waals surface area contributed by atoms with Crippen LogP contribution in [0.5, 0.6) is 0 Å². The second-order valence-electron chi connectivity index (χ2n) is 2.49. The summed E-state index contributed by atoms with van der Waals surface area (Å²) in [5.41, 5.74) is 1.83. The summed E-state index contributed by atoms with van der Waals surface area (Å²) in [5, 5.41) is 4.15. The Bertz CT molecular complexity index is 275. The van der Waals surface area contributed by atoms with Crippen LogP contribution in [0.15, 0.2) is 29.0 Å². The Labute approximate surface area is 80.5 Å². The normalized spacial score (nSPS) is 9.75. The average Bonchev–Trinajstić information content (AvgIpc) is 2.51. The fraction of sp³-hybridized carbons (Fsp3) is 0.222. The van der Waals surface area contributed by atoms with E-state index in [9.17, 15) is 4.79 Å². The van der Waals surface area contributed by atoms with Crippen LogP contribution < -0.4 is 0 Å². The highest BCUT2D eigenvalue weighted by atomic mass is 32.2. The number of thioether (sulfide) groups is 1. The minimum Gasteiger partial charge on any atom is -0.282 e. The molecule has 1 aromatic rings. The van der Waals surface area contributed by atoms with Crippen molar-refractivity contribution >= 4 is 28.2 Å². The van der Waals surface area contributed by atoms with E-state index in [-0.39, 0.29) is 5.12 Å². The third-order valence-corrected chi connectivity index (χ3v) is 3.12. The highest BCUT2D eigenvalue weighted by molar-refractivity contribution is 8.13. The Kier molecular flexibility index (Phi) is 3.56. The van der Waals surface area contributed by atoms with E-state index >= 15 is 0 Å². The molecule has 1 rings (SSSR count). The molecular weight excluding hydrogens is 188 g/mol.